The summed E-state index contributed by atoms with van der Waals surface area (Å²) in [4.78, 5) is 11.9. The molecule has 1 unspecified atom stereocenters. The van der Waals surface area contributed by atoms with Crippen molar-refractivity contribution in [2.45, 2.75) is 37.4 Å². The molecule has 20 heavy (non-hydrogen) atoms. The zero-order chi connectivity index (χ0) is 15.3. The molecule has 1 rings (SSSR count). The summed E-state index contributed by atoms with van der Waals surface area (Å²) in [5.74, 6) is -0.467. The minimum absolute atomic E-state index is 0.0216. The molecule has 0 aliphatic carbocycles. The molecule has 7 heteroatoms. The second-order valence-corrected chi connectivity index (χ2v) is 5.59. The SMILES string of the molecule is CCSc1cccc(NC(C)CC(F)(F)F)c1C(=O)O. The maximum atomic E-state index is 12.3. The van der Waals surface area contributed by atoms with Gasteiger partial charge in [0, 0.05) is 10.9 Å². The molecule has 0 aliphatic heterocycles. The topological polar surface area (TPSA) is 49.3 Å². The molecule has 0 saturated heterocycles. The lowest BCUT2D eigenvalue weighted by molar-refractivity contribution is -0.136. The Bertz CT molecular complexity index is 477. The maximum absolute atomic E-state index is 12.3. The molecular formula is C13H16F3NO2S. The second-order valence-electron chi connectivity index (χ2n) is 4.28. The average Bonchev–Trinajstić information content (AvgIpc) is 2.26. The van der Waals surface area contributed by atoms with Gasteiger partial charge in [0.15, 0.2) is 0 Å². The molecule has 3 nitrogen and oxygen atoms in total. The molecule has 0 amide bonds. The maximum Gasteiger partial charge on any atom is 0.391 e. The van der Waals surface area contributed by atoms with Crippen LogP contribution in [-0.4, -0.2) is 29.0 Å². The third-order valence-corrected chi connectivity index (χ3v) is 3.42. The molecule has 0 heterocycles. The molecule has 2 N–H and O–H groups in total. The molecule has 0 radical (unpaired) electrons. The van der Waals surface area contributed by atoms with Crippen LogP contribution in [0.3, 0.4) is 0 Å². The molecule has 0 spiro atoms. The van der Waals surface area contributed by atoms with Crippen LogP contribution in [0.2, 0.25) is 0 Å². The highest BCUT2D eigenvalue weighted by molar-refractivity contribution is 7.99. The van der Waals surface area contributed by atoms with E-state index in [1.54, 1.807) is 12.1 Å². The van der Waals surface area contributed by atoms with Crippen LogP contribution < -0.4 is 5.32 Å². The lowest BCUT2D eigenvalue weighted by Crippen LogP contribution is -2.25. The first-order chi connectivity index (χ1) is 9.24. The van der Waals surface area contributed by atoms with E-state index in [1.807, 2.05) is 6.92 Å². The Balaban J connectivity index is 3.00. The summed E-state index contributed by atoms with van der Waals surface area (Å²) < 4.78 is 36.9. The number of hydrogen-bond acceptors (Lipinski definition) is 3. The van der Waals surface area contributed by atoms with Gasteiger partial charge in [-0.3, -0.25) is 0 Å². The van der Waals surface area contributed by atoms with E-state index >= 15 is 0 Å². The highest BCUT2D eigenvalue weighted by atomic mass is 32.2. The van der Waals surface area contributed by atoms with E-state index in [0.29, 0.717) is 10.6 Å². The smallest absolute Gasteiger partial charge is 0.391 e. The Hall–Kier alpha value is -1.37. The van der Waals surface area contributed by atoms with Gasteiger partial charge in [-0.25, -0.2) is 4.79 Å². The minimum Gasteiger partial charge on any atom is -0.478 e. The molecule has 1 atom stereocenters. The van der Waals surface area contributed by atoms with Crippen molar-refractivity contribution < 1.29 is 23.1 Å². The Morgan fingerprint density at radius 1 is 1.45 bits per heavy atom. The van der Waals surface area contributed by atoms with Crippen molar-refractivity contribution in [1.29, 1.82) is 0 Å². The molecule has 1 aromatic rings. The van der Waals surface area contributed by atoms with E-state index in [1.165, 1.54) is 24.8 Å². The second kappa shape index (κ2) is 6.88. The van der Waals surface area contributed by atoms with Gasteiger partial charge in [0.2, 0.25) is 0 Å². The van der Waals surface area contributed by atoms with E-state index in [9.17, 15) is 23.1 Å². The number of carbonyl (C=O) groups is 1. The molecular weight excluding hydrogens is 291 g/mol. The van der Waals surface area contributed by atoms with Crippen molar-refractivity contribution >= 4 is 23.4 Å². The predicted octanol–water partition coefficient (Wildman–Crippen LogP) is 4.25. The summed E-state index contributed by atoms with van der Waals surface area (Å²) in [6.07, 6.45) is -5.30. The first-order valence-corrected chi connectivity index (χ1v) is 7.05. The number of benzene rings is 1. The van der Waals surface area contributed by atoms with Crippen LogP contribution in [-0.2, 0) is 0 Å². The van der Waals surface area contributed by atoms with Gasteiger partial charge in [0.25, 0.3) is 0 Å². The molecule has 0 bridgehead atoms. The predicted molar refractivity (Wildman–Crippen MR) is 73.6 cm³/mol. The number of alkyl halides is 3. The van der Waals surface area contributed by atoms with Gasteiger partial charge >= 0.3 is 12.1 Å². The van der Waals surface area contributed by atoms with Crippen molar-refractivity contribution in [2.75, 3.05) is 11.1 Å². The van der Waals surface area contributed by atoms with Crippen LogP contribution in [0.5, 0.6) is 0 Å². The fourth-order valence-corrected chi connectivity index (χ4v) is 2.64. The summed E-state index contributed by atoms with van der Waals surface area (Å²) in [6, 6.07) is 3.87. The summed E-state index contributed by atoms with van der Waals surface area (Å²) in [7, 11) is 0. The third-order valence-electron chi connectivity index (χ3n) is 2.48. The van der Waals surface area contributed by atoms with Gasteiger partial charge in [-0.05, 0) is 24.8 Å². The monoisotopic (exact) mass is 307 g/mol. The Labute approximate surface area is 119 Å². The van der Waals surface area contributed by atoms with Crippen molar-refractivity contribution in [3.63, 3.8) is 0 Å². The van der Waals surface area contributed by atoms with Crippen molar-refractivity contribution in [3.8, 4) is 0 Å². The van der Waals surface area contributed by atoms with Gasteiger partial charge in [-0.15, -0.1) is 11.8 Å². The highest BCUT2D eigenvalue weighted by Gasteiger charge is 2.30. The normalized spacial score (nSPS) is 13.1. The molecule has 0 fully saturated rings. The van der Waals surface area contributed by atoms with Crippen LogP contribution >= 0.6 is 11.8 Å². The van der Waals surface area contributed by atoms with Crippen LogP contribution in [0.25, 0.3) is 0 Å². The summed E-state index contributed by atoms with van der Waals surface area (Å²) in [6.45, 7) is 3.25. The Morgan fingerprint density at radius 2 is 2.10 bits per heavy atom. The zero-order valence-corrected chi connectivity index (χ0v) is 11.9. The summed E-state index contributed by atoms with van der Waals surface area (Å²) in [5, 5.41) is 11.9. The van der Waals surface area contributed by atoms with Crippen molar-refractivity contribution in [1.82, 2.24) is 0 Å². The molecule has 0 aromatic heterocycles. The largest absolute Gasteiger partial charge is 0.478 e. The molecule has 0 aliphatic rings. The van der Waals surface area contributed by atoms with Gasteiger partial charge in [0.1, 0.15) is 0 Å². The van der Waals surface area contributed by atoms with E-state index < -0.39 is 24.6 Å². The fourth-order valence-electron chi connectivity index (χ4n) is 1.81. The van der Waals surface area contributed by atoms with Crippen LogP contribution in [0.1, 0.15) is 30.6 Å². The standard InChI is InChI=1S/C13H16F3NO2S/c1-3-20-10-6-4-5-9(11(10)12(18)19)17-8(2)7-13(14,15)16/h4-6,8,17H,3,7H2,1-2H3,(H,18,19). The number of halogens is 3. The van der Waals surface area contributed by atoms with E-state index in [4.69, 9.17) is 0 Å². The molecule has 1 aromatic carbocycles. The number of hydrogen-bond donors (Lipinski definition) is 2. The number of anilines is 1. The van der Waals surface area contributed by atoms with Crippen LogP contribution in [0.4, 0.5) is 18.9 Å². The Kier molecular flexibility index (Phi) is 5.74. The average molecular weight is 307 g/mol. The van der Waals surface area contributed by atoms with E-state index in [-0.39, 0.29) is 11.3 Å². The zero-order valence-electron chi connectivity index (χ0n) is 11.1. The van der Waals surface area contributed by atoms with Crippen molar-refractivity contribution in [2.24, 2.45) is 0 Å². The first-order valence-electron chi connectivity index (χ1n) is 6.07. The van der Waals surface area contributed by atoms with Crippen LogP contribution in [0.15, 0.2) is 23.1 Å². The van der Waals surface area contributed by atoms with Crippen molar-refractivity contribution in [3.05, 3.63) is 23.8 Å². The summed E-state index contributed by atoms with van der Waals surface area (Å²) in [5.41, 5.74) is 0.237. The Morgan fingerprint density at radius 3 is 2.60 bits per heavy atom. The molecule has 0 saturated carbocycles. The van der Waals surface area contributed by atoms with Gasteiger partial charge in [0.05, 0.1) is 17.7 Å². The van der Waals surface area contributed by atoms with Gasteiger partial charge in [-0.1, -0.05) is 13.0 Å². The first kappa shape index (κ1) is 16.7. The number of carboxylic acids is 1. The fraction of sp³-hybridized carbons (Fsp3) is 0.462. The van der Waals surface area contributed by atoms with E-state index in [0.717, 1.165) is 0 Å². The lowest BCUT2D eigenvalue weighted by atomic mass is 10.1. The number of aromatic carboxylic acids is 1. The van der Waals surface area contributed by atoms with E-state index in [2.05, 4.69) is 5.32 Å². The quantitative estimate of drug-likeness (QED) is 0.771. The number of thioether (sulfide) groups is 1. The minimum atomic E-state index is -4.29. The van der Waals surface area contributed by atoms with Gasteiger partial charge < -0.3 is 10.4 Å². The van der Waals surface area contributed by atoms with Crippen LogP contribution in [0, 0.1) is 0 Å². The number of nitrogens with one attached hydrogen (secondary N) is 1. The third kappa shape index (κ3) is 4.96. The molecule has 112 valence electrons. The highest BCUT2D eigenvalue weighted by Crippen LogP contribution is 2.30. The summed E-state index contributed by atoms with van der Waals surface area (Å²) >= 11 is 1.34. The van der Waals surface area contributed by atoms with Gasteiger partial charge in [-0.2, -0.15) is 13.2 Å². The number of carboxylic acid groups (broad SMARTS) is 1. The number of rotatable bonds is 6. The lowest BCUT2D eigenvalue weighted by Gasteiger charge is -2.19.